The largest absolute Gasteiger partial charge is 0.332 e. The average molecular weight is 369 g/mol. The van der Waals surface area contributed by atoms with Crippen molar-refractivity contribution in [3.8, 4) is 10.8 Å². The SMILES string of the molecule is CC(C1CC1)n1nccc1NC(=O)NCc1csc(-c2ncccn2)n1. The van der Waals surface area contributed by atoms with Crippen LogP contribution in [0.15, 0.2) is 36.1 Å². The molecule has 0 aliphatic heterocycles. The van der Waals surface area contributed by atoms with Gasteiger partial charge in [-0.1, -0.05) is 0 Å². The molecule has 3 heterocycles. The number of aromatic nitrogens is 5. The van der Waals surface area contributed by atoms with Crippen LogP contribution in [0, 0.1) is 5.92 Å². The lowest BCUT2D eigenvalue weighted by atomic mass is 10.2. The number of carbonyl (C=O) groups is 1. The van der Waals surface area contributed by atoms with Crippen molar-refractivity contribution in [1.82, 2.24) is 30.0 Å². The first kappa shape index (κ1) is 16.6. The van der Waals surface area contributed by atoms with E-state index in [0.29, 0.717) is 30.1 Å². The van der Waals surface area contributed by atoms with Crippen molar-refractivity contribution in [3.05, 3.63) is 41.8 Å². The molecule has 1 atom stereocenters. The van der Waals surface area contributed by atoms with Crippen LogP contribution in [0.3, 0.4) is 0 Å². The van der Waals surface area contributed by atoms with Gasteiger partial charge in [0.1, 0.15) is 5.82 Å². The van der Waals surface area contributed by atoms with E-state index in [9.17, 15) is 4.79 Å². The molecule has 1 aliphatic rings. The molecular formula is C17H19N7OS. The van der Waals surface area contributed by atoms with Crippen LogP contribution in [-0.2, 0) is 6.54 Å². The number of hydrogen-bond donors (Lipinski definition) is 2. The molecule has 2 amide bonds. The second kappa shape index (κ2) is 7.20. The lowest BCUT2D eigenvalue weighted by Crippen LogP contribution is -2.29. The van der Waals surface area contributed by atoms with Crippen molar-refractivity contribution in [3.63, 3.8) is 0 Å². The van der Waals surface area contributed by atoms with Crippen molar-refractivity contribution >= 4 is 23.2 Å². The standard InChI is InChI=1S/C17H19N7OS/c1-11(12-3-4-12)24-14(5-8-21-24)23-17(25)20-9-13-10-26-16(22-13)15-18-6-2-7-19-15/h2,5-8,10-12H,3-4,9H2,1H3,(H2,20,23,25). The first-order valence-corrected chi connectivity index (χ1v) is 9.39. The molecule has 4 rings (SSSR count). The highest BCUT2D eigenvalue weighted by Gasteiger charge is 2.30. The zero-order valence-electron chi connectivity index (χ0n) is 14.3. The molecule has 1 aliphatic carbocycles. The first-order valence-electron chi connectivity index (χ1n) is 8.51. The van der Waals surface area contributed by atoms with Gasteiger partial charge in [0.05, 0.1) is 24.5 Å². The van der Waals surface area contributed by atoms with E-state index in [1.54, 1.807) is 24.7 Å². The van der Waals surface area contributed by atoms with Gasteiger partial charge in [-0.2, -0.15) is 5.10 Å². The summed E-state index contributed by atoms with van der Waals surface area (Å²) in [6.45, 7) is 2.47. The summed E-state index contributed by atoms with van der Waals surface area (Å²) in [5.74, 6) is 1.96. The zero-order valence-corrected chi connectivity index (χ0v) is 15.1. The fourth-order valence-electron chi connectivity index (χ4n) is 2.75. The highest BCUT2D eigenvalue weighted by atomic mass is 32.1. The Kier molecular flexibility index (Phi) is 4.61. The topological polar surface area (TPSA) is 97.6 Å². The molecule has 9 heteroatoms. The van der Waals surface area contributed by atoms with Gasteiger partial charge in [0, 0.05) is 23.8 Å². The van der Waals surface area contributed by atoms with E-state index >= 15 is 0 Å². The number of nitrogens with one attached hydrogen (secondary N) is 2. The summed E-state index contributed by atoms with van der Waals surface area (Å²) in [5.41, 5.74) is 0.771. The molecule has 0 aromatic carbocycles. The minimum Gasteiger partial charge on any atom is -0.332 e. The summed E-state index contributed by atoms with van der Waals surface area (Å²) in [5, 5.41) is 12.7. The Bertz CT molecular complexity index is 887. The maximum absolute atomic E-state index is 12.2. The zero-order chi connectivity index (χ0) is 17.9. The number of hydrogen-bond acceptors (Lipinski definition) is 6. The second-order valence-corrected chi connectivity index (χ2v) is 7.12. The van der Waals surface area contributed by atoms with Gasteiger partial charge in [-0.15, -0.1) is 11.3 Å². The predicted octanol–water partition coefficient (Wildman–Crippen LogP) is 3.09. The molecule has 1 fully saturated rings. The molecule has 3 aromatic rings. The quantitative estimate of drug-likeness (QED) is 0.696. The summed E-state index contributed by atoms with van der Waals surface area (Å²) >= 11 is 1.45. The number of nitrogens with zero attached hydrogens (tertiary/aromatic N) is 5. The van der Waals surface area contributed by atoms with Gasteiger partial charge in [-0.3, -0.25) is 5.32 Å². The van der Waals surface area contributed by atoms with Crippen LogP contribution in [0.1, 0.15) is 31.5 Å². The van der Waals surface area contributed by atoms with Crippen LogP contribution < -0.4 is 10.6 Å². The highest BCUT2D eigenvalue weighted by molar-refractivity contribution is 7.13. The van der Waals surface area contributed by atoms with Gasteiger partial charge in [-0.25, -0.2) is 24.4 Å². The van der Waals surface area contributed by atoms with E-state index in [4.69, 9.17) is 0 Å². The van der Waals surface area contributed by atoms with Gasteiger partial charge >= 0.3 is 6.03 Å². The molecule has 1 saturated carbocycles. The van der Waals surface area contributed by atoms with Crippen molar-refractivity contribution in [2.45, 2.75) is 32.4 Å². The van der Waals surface area contributed by atoms with Crippen LogP contribution in [-0.4, -0.2) is 30.8 Å². The number of rotatable bonds is 6. The Morgan fingerprint density at radius 1 is 1.35 bits per heavy atom. The van der Waals surface area contributed by atoms with E-state index in [1.165, 1.54) is 24.2 Å². The molecule has 3 aromatic heterocycles. The lowest BCUT2D eigenvalue weighted by molar-refractivity contribution is 0.251. The van der Waals surface area contributed by atoms with Crippen molar-refractivity contribution in [2.75, 3.05) is 5.32 Å². The highest BCUT2D eigenvalue weighted by Crippen LogP contribution is 2.40. The smallest absolute Gasteiger partial charge is 0.320 e. The molecular weight excluding hydrogens is 350 g/mol. The number of anilines is 1. The van der Waals surface area contributed by atoms with Gasteiger partial charge in [0.15, 0.2) is 10.8 Å². The third kappa shape index (κ3) is 3.72. The summed E-state index contributed by atoms with van der Waals surface area (Å²) < 4.78 is 1.88. The number of thiazole rings is 1. The Morgan fingerprint density at radius 2 is 2.15 bits per heavy atom. The third-order valence-corrected chi connectivity index (χ3v) is 5.23. The minimum absolute atomic E-state index is 0.278. The normalized spacial score (nSPS) is 14.8. The third-order valence-electron chi connectivity index (χ3n) is 4.34. The Balaban J connectivity index is 1.34. The van der Waals surface area contributed by atoms with Crippen LogP contribution in [0.25, 0.3) is 10.8 Å². The van der Waals surface area contributed by atoms with Crippen LogP contribution >= 0.6 is 11.3 Å². The van der Waals surface area contributed by atoms with Gasteiger partial charge in [-0.05, 0) is 31.7 Å². The second-order valence-electron chi connectivity index (χ2n) is 6.26. The molecule has 1 unspecified atom stereocenters. The molecule has 134 valence electrons. The van der Waals surface area contributed by atoms with E-state index in [2.05, 4.69) is 37.6 Å². The van der Waals surface area contributed by atoms with Gasteiger partial charge in [0.2, 0.25) is 0 Å². The minimum atomic E-state index is -0.278. The molecule has 0 radical (unpaired) electrons. The van der Waals surface area contributed by atoms with Crippen LogP contribution in [0.5, 0.6) is 0 Å². The van der Waals surface area contributed by atoms with E-state index in [1.807, 2.05) is 16.1 Å². The van der Waals surface area contributed by atoms with Crippen molar-refractivity contribution in [1.29, 1.82) is 0 Å². The number of urea groups is 1. The van der Waals surface area contributed by atoms with Crippen molar-refractivity contribution < 1.29 is 4.79 Å². The Hall–Kier alpha value is -2.81. The maximum Gasteiger partial charge on any atom is 0.320 e. The predicted molar refractivity (Wildman–Crippen MR) is 98.7 cm³/mol. The first-order chi connectivity index (χ1) is 12.7. The molecule has 26 heavy (non-hydrogen) atoms. The van der Waals surface area contributed by atoms with Gasteiger partial charge < -0.3 is 5.32 Å². The molecule has 0 saturated heterocycles. The number of amides is 2. The van der Waals surface area contributed by atoms with Crippen LogP contribution in [0.2, 0.25) is 0 Å². The monoisotopic (exact) mass is 369 g/mol. The Labute approximate surface area is 154 Å². The fraction of sp³-hybridized carbons (Fsp3) is 0.353. The average Bonchev–Trinajstić information content (AvgIpc) is 3.23. The number of carbonyl (C=O) groups excluding carboxylic acids is 1. The summed E-state index contributed by atoms with van der Waals surface area (Å²) in [6, 6.07) is 3.60. The van der Waals surface area contributed by atoms with E-state index < -0.39 is 0 Å². The lowest BCUT2D eigenvalue weighted by Gasteiger charge is -2.15. The summed E-state index contributed by atoms with van der Waals surface area (Å²) in [7, 11) is 0. The van der Waals surface area contributed by atoms with E-state index in [0.717, 1.165) is 10.7 Å². The molecule has 2 N–H and O–H groups in total. The summed E-state index contributed by atoms with van der Waals surface area (Å²) in [4.78, 5) is 25.0. The van der Waals surface area contributed by atoms with E-state index in [-0.39, 0.29) is 6.03 Å². The molecule has 0 bridgehead atoms. The maximum atomic E-state index is 12.2. The van der Waals surface area contributed by atoms with Crippen molar-refractivity contribution in [2.24, 2.45) is 5.92 Å². The molecule has 8 nitrogen and oxygen atoms in total. The fourth-order valence-corrected chi connectivity index (χ4v) is 3.51. The summed E-state index contributed by atoms with van der Waals surface area (Å²) in [6.07, 6.45) is 7.52. The Morgan fingerprint density at radius 3 is 2.92 bits per heavy atom. The molecule has 0 spiro atoms. The van der Waals surface area contributed by atoms with Gasteiger partial charge in [0.25, 0.3) is 0 Å². The van der Waals surface area contributed by atoms with Crippen LogP contribution in [0.4, 0.5) is 10.6 Å².